The molecule has 1 fully saturated rings. The summed E-state index contributed by atoms with van der Waals surface area (Å²) in [7, 11) is 0. The second-order valence-corrected chi connectivity index (χ2v) is 6.33. The van der Waals surface area contributed by atoms with Crippen molar-refractivity contribution >= 4 is 16.8 Å². The standard InChI is InChI=1S/C19H20N4O2/c24-19(18-15-5-1-2-6-16(15)21-22-18)23-11-8-14(9-12-23)13-25-17-7-3-4-10-20-17/h1-7,10,14H,8-9,11-13H2,(H,21,22). The molecule has 25 heavy (non-hydrogen) atoms. The number of ether oxygens (including phenoxy) is 1. The average molecular weight is 336 g/mol. The van der Waals surface area contributed by atoms with Gasteiger partial charge < -0.3 is 9.64 Å². The number of fused-ring (bicyclic) bond motifs is 1. The fraction of sp³-hybridized carbons (Fsp3) is 0.316. The first-order valence-corrected chi connectivity index (χ1v) is 8.57. The van der Waals surface area contributed by atoms with E-state index in [1.54, 1.807) is 6.20 Å². The SMILES string of the molecule is O=C(c1n[nH]c2ccccc12)N1CCC(COc2ccccn2)CC1. The normalized spacial score (nSPS) is 15.4. The van der Waals surface area contributed by atoms with Crippen molar-refractivity contribution in [1.82, 2.24) is 20.1 Å². The molecular weight excluding hydrogens is 316 g/mol. The number of nitrogens with one attached hydrogen (secondary N) is 1. The van der Waals surface area contributed by atoms with Gasteiger partial charge >= 0.3 is 0 Å². The highest BCUT2D eigenvalue weighted by atomic mass is 16.5. The van der Waals surface area contributed by atoms with Gasteiger partial charge in [-0.2, -0.15) is 5.10 Å². The molecule has 1 aromatic carbocycles. The van der Waals surface area contributed by atoms with Crippen molar-refractivity contribution in [2.45, 2.75) is 12.8 Å². The number of pyridine rings is 1. The molecule has 3 heterocycles. The third-order valence-corrected chi connectivity index (χ3v) is 4.68. The largest absolute Gasteiger partial charge is 0.477 e. The van der Waals surface area contributed by atoms with E-state index in [2.05, 4.69) is 15.2 Å². The van der Waals surface area contributed by atoms with Gasteiger partial charge in [-0.25, -0.2) is 4.98 Å². The first-order chi connectivity index (χ1) is 12.3. The summed E-state index contributed by atoms with van der Waals surface area (Å²) in [6, 6.07) is 13.4. The second kappa shape index (κ2) is 6.93. The van der Waals surface area contributed by atoms with Crippen molar-refractivity contribution in [3.8, 4) is 5.88 Å². The Labute approximate surface area is 145 Å². The minimum Gasteiger partial charge on any atom is -0.477 e. The predicted molar refractivity (Wildman–Crippen MR) is 94.5 cm³/mol. The zero-order valence-electron chi connectivity index (χ0n) is 13.9. The number of nitrogens with zero attached hydrogens (tertiary/aromatic N) is 3. The molecule has 3 aromatic rings. The maximum absolute atomic E-state index is 12.8. The Morgan fingerprint density at radius 3 is 2.76 bits per heavy atom. The molecule has 0 radical (unpaired) electrons. The van der Waals surface area contributed by atoms with Crippen LogP contribution in [0.25, 0.3) is 10.9 Å². The Bertz CT molecular complexity index is 854. The third kappa shape index (κ3) is 3.33. The fourth-order valence-electron chi connectivity index (χ4n) is 3.21. The highest BCUT2D eigenvalue weighted by molar-refractivity contribution is 6.04. The first kappa shape index (κ1) is 15.6. The Balaban J connectivity index is 1.34. The number of hydrogen-bond acceptors (Lipinski definition) is 4. The number of carbonyl (C=O) groups is 1. The number of piperidine rings is 1. The molecule has 0 spiro atoms. The average Bonchev–Trinajstić information content (AvgIpc) is 3.11. The molecule has 0 saturated carbocycles. The number of aromatic nitrogens is 3. The summed E-state index contributed by atoms with van der Waals surface area (Å²) in [5, 5.41) is 8.03. The van der Waals surface area contributed by atoms with E-state index in [9.17, 15) is 4.79 Å². The van der Waals surface area contributed by atoms with Crippen LogP contribution in [0.5, 0.6) is 5.88 Å². The monoisotopic (exact) mass is 336 g/mol. The summed E-state index contributed by atoms with van der Waals surface area (Å²) >= 11 is 0. The number of benzene rings is 1. The molecule has 0 unspecified atom stereocenters. The van der Waals surface area contributed by atoms with Gasteiger partial charge in [0.15, 0.2) is 5.69 Å². The highest BCUT2D eigenvalue weighted by Gasteiger charge is 2.26. The molecule has 1 aliphatic heterocycles. The molecule has 0 aliphatic carbocycles. The Morgan fingerprint density at radius 2 is 1.96 bits per heavy atom. The number of aromatic amines is 1. The molecule has 1 aliphatic rings. The number of likely N-dealkylation sites (tertiary alicyclic amines) is 1. The maximum Gasteiger partial charge on any atom is 0.274 e. The Hall–Kier alpha value is -2.89. The molecule has 6 heteroatoms. The lowest BCUT2D eigenvalue weighted by Gasteiger charge is -2.31. The van der Waals surface area contributed by atoms with E-state index in [1.165, 1.54) is 0 Å². The van der Waals surface area contributed by atoms with E-state index in [0.717, 1.165) is 36.8 Å². The molecule has 4 rings (SSSR count). The molecule has 1 saturated heterocycles. The lowest BCUT2D eigenvalue weighted by Crippen LogP contribution is -2.40. The van der Waals surface area contributed by atoms with Gasteiger partial charge in [0.1, 0.15) is 0 Å². The van der Waals surface area contributed by atoms with Crippen molar-refractivity contribution in [2.24, 2.45) is 5.92 Å². The van der Waals surface area contributed by atoms with Gasteiger partial charge in [-0.1, -0.05) is 24.3 Å². The van der Waals surface area contributed by atoms with Crippen molar-refractivity contribution in [1.29, 1.82) is 0 Å². The quantitative estimate of drug-likeness (QED) is 0.795. The van der Waals surface area contributed by atoms with E-state index in [0.29, 0.717) is 24.1 Å². The van der Waals surface area contributed by atoms with Crippen LogP contribution in [0.15, 0.2) is 48.7 Å². The lowest BCUT2D eigenvalue weighted by molar-refractivity contribution is 0.0655. The summed E-state index contributed by atoms with van der Waals surface area (Å²) in [4.78, 5) is 18.8. The van der Waals surface area contributed by atoms with Crippen LogP contribution >= 0.6 is 0 Å². The van der Waals surface area contributed by atoms with Gasteiger partial charge in [0, 0.05) is 30.7 Å². The van der Waals surface area contributed by atoms with Gasteiger partial charge in [-0.15, -0.1) is 0 Å². The smallest absolute Gasteiger partial charge is 0.274 e. The molecule has 128 valence electrons. The van der Waals surface area contributed by atoms with Crippen molar-refractivity contribution in [3.63, 3.8) is 0 Å². The van der Waals surface area contributed by atoms with Gasteiger partial charge in [-0.3, -0.25) is 9.89 Å². The predicted octanol–water partition coefficient (Wildman–Crippen LogP) is 2.89. The van der Waals surface area contributed by atoms with Crippen LogP contribution in [0.3, 0.4) is 0 Å². The first-order valence-electron chi connectivity index (χ1n) is 8.57. The van der Waals surface area contributed by atoms with Crippen LogP contribution < -0.4 is 4.74 Å². The van der Waals surface area contributed by atoms with Gasteiger partial charge in [0.05, 0.1) is 12.1 Å². The molecule has 0 bridgehead atoms. The van der Waals surface area contributed by atoms with Gasteiger partial charge in [0.2, 0.25) is 5.88 Å². The van der Waals surface area contributed by atoms with E-state index in [1.807, 2.05) is 47.4 Å². The molecule has 1 amide bonds. The van der Waals surface area contributed by atoms with Crippen LogP contribution in [0.2, 0.25) is 0 Å². The Morgan fingerprint density at radius 1 is 1.16 bits per heavy atom. The van der Waals surface area contributed by atoms with E-state index in [4.69, 9.17) is 4.74 Å². The molecule has 1 N–H and O–H groups in total. The van der Waals surface area contributed by atoms with E-state index < -0.39 is 0 Å². The highest BCUT2D eigenvalue weighted by Crippen LogP contribution is 2.22. The van der Waals surface area contributed by atoms with Crippen LogP contribution in [0.1, 0.15) is 23.3 Å². The number of amides is 1. The van der Waals surface area contributed by atoms with Crippen LogP contribution in [-0.2, 0) is 0 Å². The minimum atomic E-state index is 0.00143. The van der Waals surface area contributed by atoms with Crippen molar-refractivity contribution in [3.05, 3.63) is 54.4 Å². The summed E-state index contributed by atoms with van der Waals surface area (Å²) < 4.78 is 5.74. The fourth-order valence-corrected chi connectivity index (χ4v) is 3.21. The van der Waals surface area contributed by atoms with Crippen LogP contribution in [0, 0.1) is 5.92 Å². The van der Waals surface area contributed by atoms with Crippen LogP contribution in [0.4, 0.5) is 0 Å². The van der Waals surface area contributed by atoms with Gasteiger partial charge in [-0.05, 0) is 30.9 Å². The maximum atomic E-state index is 12.8. The van der Waals surface area contributed by atoms with Crippen molar-refractivity contribution in [2.75, 3.05) is 19.7 Å². The number of rotatable bonds is 4. The van der Waals surface area contributed by atoms with Crippen LogP contribution in [-0.4, -0.2) is 45.7 Å². The Kier molecular flexibility index (Phi) is 4.33. The zero-order valence-corrected chi connectivity index (χ0v) is 13.9. The second-order valence-electron chi connectivity index (χ2n) is 6.33. The summed E-state index contributed by atoms with van der Waals surface area (Å²) in [6.45, 7) is 2.11. The minimum absolute atomic E-state index is 0.00143. The van der Waals surface area contributed by atoms with Crippen molar-refractivity contribution < 1.29 is 9.53 Å². The number of para-hydroxylation sites is 1. The third-order valence-electron chi connectivity index (χ3n) is 4.68. The zero-order chi connectivity index (χ0) is 17.1. The summed E-state index contributed by atoms with van der Waals surface area (Å²) in [5.41, 5.74) is 1.41. The van der Waals surface area contributed by atoms with E-state index >= 15 is 0 Å². The number of H-pyrrole nitrogens is 1. The summed E-state index contributed by atoms with van der Waals surface area (Å²) in [6.07, 6.45) is 3.59. The number of carbonyl (C=O) groups excluding carboxylic acids is 1. The number of hydrogen-bond donors (Lipinski definition) is 1. The molecule has 0 atom stereocenters. The molecular formula is C19H20N4O2. The van der Waals surface area contributed by atoms with E-state index in [-0.39, 0.29) is 5.91 Å². The molecule has 6 nitrogen and oxygen atoms in total. The topological polar surface area (TPSA) is 71.1 Å². The summed E-state index contributed by atoms with van der Waals surface area (Å²) in [5.74, 6) is 1.10. The van der Waals surface area contributed by atoms with Gasteiger partial charge in [0.25, 0.3) is 5.91 Å². The lowest BCUT2D eigenvalue weighted by atomic mass is 9.97. The molecule has 2 aromatic heterocycles.